The van der Waals surface area contributed by atoms with Gasteiger partial charge in [-0.2, -0.15) is 5.10 Å². The topological polar surface area (TPSA) is 119 Å². The maximum Gasteiger partial charge on any atom is 0.311 e. The molecule has 3 aromatic rings. The molecule has 138 valence electrons. The Kier molecular flexibility index (Phi) is 5.02. The highest BCUT2D eigenvalue weighted by molar-refractivity contribution is 6.04. The Hall–Kier alpha value is -3.88. The van der Waals surface area contributed by atoms with Crippen molar-refractivity contribution in [2.75, 3.05) is 19.5 Å². The smallest absolute Gasteiger partial charge is 0.311 e. The first-order valence-corrected chi connectivity index (χ1v) is 7.86. The van der Waals surface area contributed by atoms with E-state index in [0.717, 1.165) is 11.6 Å². The fourth-order valence-electron chi connectivity index (χ4n) is 2.55. The summed E-state index contributed by atoms with van der Waals surface area (Å²) in [6.07, 6.45) is 0. The molecular formula is C18H16N4O5. The molecule has 0 aliphatic carbocycles. The number of hydrogen-bond acceptors (Lipinski definition) is 6. The van der Waals surface area contributed by atoms with Crippen LogP contribution in [0.3, 0.4) is 0 Å². The van der Waals surface area contributed by atoms with E-state index in [4.69, 9.17) is 9.47 Å². The number of nitrogens with zero attached hydrogens (tertiary/aromatic N) is 2. The minimum absolute atomic E-state index is 0.0785. The average molecular weight is 368 g/mol. The van der Waals surface area contributed by atoms with Crippen molar-refractivity contribution in [1.29, 1.82) is 0 Å². The van der Waals surface area contributed by atoms with Crippen LogP contribution in [0, 0.1) is 10.1 Å². The van der Waals surface area contributed by atoms with Gasteiger partial charge in [0.2, 0.25) is 0 Å². The third-order valence-corrected chi connectivity index (χ3v) is 3.85. The molecular weight excluding hydrogens is 352 g/mol. The van der Waals surface area contributed by atoms with Crippen molar-refractivity contribution < 1.29 is 19.2 Å². The molecule has 1 heterocycles. The molecule has 3 rings (SSSR count). The number of anilines is 1. The van der Waals surface area contributed by atoms with Gasteiger partial charge in [-0.1, -0.05) is 12.1 Å². The third kappa shape index (κ3) is 3.71. The molecule has 0 saturated carbocycles. The van der Waals surface area contributed by atoms with Crippen LogP contribution in [0.2, 0.25) is 0 Å². The van der Waals surface area contributed by atoms with Gasteiger partial charge >= 0.3 is 5.69 Å². The number of carbonyl (C=O) groups excluding carboxylic acids is 1. The van der Waals surface area contributed by atoms with Gasteiger partial charge in [-0.15, -0.1) is 0 Å². The Bertz CT molecular complexity index is 999. The van der Waals surface area contributed by atoms with Crippen LogP contribution in [0.5, 0.6) is 11.5 Å². The van der Waals surface area contributed by atoms with E-state index in [1.54, 1.807) is 13.2 Å². The van der Waals surface area contributed by atoms with Gasteiger partial charge in [-0.05, 0) is 24.3 Å². The average Bonchev–Trinajstić information content (AvgIpc) is 3.15. The summed E-state index contributed by atoms with van der Waals surface area (Å²) < 4.78 is 10.2. The predicted molar refractivity (Wildman–Crippen MR) is 98.2 cm³/mol. The van der Waals surface area contributed by atoms with Crippen LogP contribution >= 0.6 is 0 Å². The van der Waals surface area contributed by atoms with Gasteiger partial charge in [-0.25, -0.2) is 0 Å². The van der Waals surface area contributed by atoms with Gasteiger partial charge < -0.3 is 14.8 Å². The summed E-state index contributed by atoms with van der Waals surface area (Å²) in [5.74, 6) is 0.484. The molecule has 9 heteroatoms. The summed E-state index contributed by atoms with van der Waals surface area (Å²) in [5.41, 5.74) is 1.27. The molecule has 0 unspecified atom stereocenters. The van der Waals surface area contributed by atoms with Gasteiger partial charge in [0.05, 0.1) is 24.8 Å². The van der Waals surface area contributed by atoms with Gasteiger partial charge in [0.15, 0.2) is 11.6 Å². The lowest BCUT2D eigenvalue weighted by molar-refractivity contribution is -0.385. The number of nitro benzene ring substituents is 1. The zero-order chi connectivity index (χ0) is 19.4. The van der Waals surface area contributed by atoms with Crippen LogP contribution < -0.4 is 14.8 Å². The number of hydrogen-bond donors (Lipinski definition) is 2. The number of ether oxygens (including phenoxy) is 2. The minimum Gasteiger partial charge on any atom is -0.496 e. The number of amides is 1. The van der Waals surface area contributed by atoms with E-state index in [-0.39, 0.29) is 22.8 Å². The lowest BCUT2D eigenvalue weighted by Crippen LogP contribution is -2.12. The molecule has 1 amide bonds. The molecule has 0 bridgehead atoms. The molecule has 0 aliphatic rings. The second-order valence-corrected chi connectivity index (χ2v) is 5.47. The lowest BCUT2D eigenvalue weighted by atomic mass is 10.1. The lowest BCUT2D eigenvalue weighted by Gasteiger charge is -2.05. The highest BCUT2D eigenvalue weighted by Crippen LogP contribution is 2.30. The molecule has 27 heavy (non-hydrogen) atoms. The van der Waals surface area contributed by atoms with Crippen molar-refractivity contribution in [3.8, 4) is 22.8 Å². The first-order valence-electron chi connectivity index (χ1n) is 7.86. The van der Waals surface area contributed by atoms with Crippen LogP contribution in [0.25, 0.3) is 11.3 Å². The zero-order valence-corrected chi connectivity index (χ0v) is 14.6. The Morgan fingerprint density at radius 1 is 1.11 bits per heavy atom. The summed E-state index contributed by atoms with van der Waals surface area (Å²) in [7, 11) is 2.89. The quantitative estimate of drug-likeness (QED) is 0.509. The summed E-state index contributed by atoms with van der Waals surface area (Å²) in [4.78, 5) is 22.9. The predicted octanol–water partition coefficient (Wildman–Crippen LogP) is 3.25. The number of nitrogens with one attached hydrogen (secondary N) is 2. The minimum atomic E-state index is -0.607. The number of benzene rings is 2. The number of rotatable bonds is 6. The number of methoxy groups -OCH3 is 2. The number of aromatic nitrogens is 2. The van der Waals surface area contributed by atoms with Crippen molar-refractivity contribution in [3.63, 3.8) is 0 Å². The molecule has 1 aromatic heterocycles. The number of aromatic amines is 1. The molecule has 0 fully saturated rings. The van der Waals surface area contributed by atoms with Crippen molar-refractivity contribution in [1.82, 2.24) is 10.2 Å². The van der Waals surface area contributed by atoms with Crippen LogP contribution in [0.15, 0.2) is 48.5 Å². The standard InChI is InChI=1S/C18H16N4O5/c1-26-15-6-4-3-5-12(15)13-10-17(21-20-13)19-18(23)11-7-8-16(27-2)14(9-11)22(24)25/h3-10H,1-2H3,(H2,19,20,21,23). The van der Waals surface area contributed by atoms with Crippen LogP contribution in [0.4, 0.5) is 11.5 Å². The Balaban J connectivity index is 1.82. The molecule has 0 spiro atoms. The van der Waals surface area contributed by atoms with E-state index >= 15 is 0 Å². The van der Waals surface area contributed by atoms with E-state index in [2.05, 4.69) is 15.5 Å². The summed E-state index contributed by atoms with van der Waals surface area (Å²) in [6.45, 7) is 0. The fraction of sp³-hybridized carbons (Fsp3) is 0.111. The van der Waals surface area contributed by atoms with Crippen molar-refractivity contribution in [2.24, 2.45) is 0 Å². The highest BCUT2D eigenvalue weighted by Gasteiger charge is 2.19. The molecule has 0 aliphatic heterocycles. The monoisotopic (exact) mass is 368 g/mol. The Morgan fingerprint density at radius 3 is 2.56 bits per heavy atom. The summed E-state index contributed by atoms with van der Waals surface area (Å²) in [6, 6.07) is 13.0. The highest BCUT2D eigenvalue weighted by atomic mass is 16.6. The van der Waals surface area contributed by atoms with Crippen LogP contribution in [-0.4, -0.2) is 35.2 Å². The normalized spacial score (nSPS) is 10.3. The summed E-state index contributed by atoms with van der Waals surface area (Å²) in [5, 5.41) is 20.6. The maximum absolute atomic E-state index is 12.4. The van der Waals surface area contributed by atoms with E-state index in [0.29, 0.717) is 11.4 Å². The van der Waals surface area contributed by atoms with E-state index in [1.165, 1.54) is 19.2 Å². The molecule has 0 atom stereocenters. The van der Waals surface area contributed by atoms with Crippen LogP contribution in [-0.2, 0) is 0 Å². The molecule has 9 nitrogen and oxygen atoms in total. The Labute approximate surface area is 154 Å². The summed E-state index contributed by atoms with van der Waals surface area (Å²) >= 11 is 0. The second-order valence-electron chi connectivity index (χ2n) is 5.47. The van der Waals surface area contributed by atoms with E-state index in [1.807, 2.05) is 24.3 Å². The van der Waals surface area contributed by atoms with Crippen molar-refractivity contribution in [2.45, 2.75) is 0 Å². The van der Waals surface area contributed by atoms with E-state index < -0.39 is 10.8 Å². The Morgan fingerprint density at radius 2 is 1.85 bits per heavy atom. The number of H-pyrrole nitrogens is 1. The second kappa shape index (κ2) is 7.56. The maximum atomic E-state index is 12.4. The fourth-order valence-corrected chi connectivity index (χ4v) is 2.55. The van der Waals surface area contributed by atoms with Gasteiger partial charge in [0.25, 0.3) is 5.91 Å². The van der Waals surface area contributed by atoms with E-state index in [9.17, 15) is 14.9 Å². The third-order valence-electron chi connectivity index (χ3n) is 3.85. The zero-order valence-electron chi connectivity index (χ0n) is 14.6. The molecule has 2 aromatic carbocycles. The first kappa shape index (κ1) is 17.9. The largest absolute Gasteiger partial charge is 0.496 e. The van der Waals surface area contributed by atoms with Crippen molar-refractivity contribution in [3.05, 3.63) is 64.2 Å². The van der Waals surface area contributed by atoms with Crippen LogP contribution in [0.1, 0.15) is 10.4 Å². The number of para-hydroxylation sites is 1. The SMILES string of the molecule is COc1ccccc1-c1cc(NC(=O)c2ccc(OC)c([N+](=O)[O-])c2)n[nH]1. The molecule has 0 saturated heterocycles. The molecule has 2 N–H and O–H groups in total. The van der Waals surface area contributed by atoms with Crippen molar-refractivity contribution >= 4 is 17.4 Å². The number of nitro groups is 1. The first-order chi connectivity index (χ1) is 13.0. The van der Waals surface area contributed by atoms with Gasteiger partial charge in [0, 0.05) is 23.3 Å². The number of carbonyl (C=O) groups is 1. The van der Waals surface area contributed by atoms with Gasteiger partial charge in [-0.3, -0.25) is 20.0 Å². The van der Waals surface area contributed by atoms with Gasteiger partial charge in [0.1, 0.15) is 5.75 Å². The molecule has 0 radical (unpaired) electrons.